The Labute approximate surface area is 218 Å². The Bertz CT molecular complexity index is 1010. The normalized spacial score (nSPS) is 20.9. The molecule has 1 saturated carbocycles. The topological polar surface area (TPSA) is 36.4 Å². The van der Waals surface area contributed by atoms with Gasteiger partial charge in [0, 0.05) is 62.5 Å². The molecular weight excluding hydrogens is 442 g/mol. The van der Waals surface area contributed by atoms with E-state index in [0.717, 1.165) is 69.6 Å². The van der Waals surface area contributed by atoms with Gasteiger partial charge in [0.2, 0.25) is 5.91 Å². The van der Waals surface area contributed by atoms with Gasteiger partial charge < -0.3 is 4.90 Å². The zero-order valence-electron chi connectivity index (χ0n) is 22.3. The number of nitrogens with zero attached hydrogens (tertiary/aromatic N) is 3. The predicted molar refractivity (Wildman–Crippen MR) is 147 cm³/mol. The van der Waals surface area contributed by atoms with Crippen LogP contribution in [0.1, 0.15) is 88.3 Å². The summed E-state index contributed by atoms with van der Waals surface area (Å²) in [6, 6.07) is 13.0. The van der Waals surface area contributed by atoms with Gasteiger partial charge in [-0.15, -0.1) is 0 Å². The Hall–Kier alpha value is -2.64. The van der Waals surface area contributed by atoms with E-state index in [-0.39, 0.29) is 5.92 Å². The molecule has 1 saturated heterocycles. The molecule has 2 fully saturated rings. The number of pyridine rings is 1. The van der Waals surface area contributed by atoms with Gasteiger partial charge in [-0.05, 0) is 86.3 Å². The molecule has 2 aromatic rings. The molecule has 0 bridgehead atoms. The minimum Gasteiger partial charge on any atom is -0.335 e. The van der Waals surface area contributed by atoms with E-state index >= 15 is 0 Å². The number of benzene rings is 1. The third kappa shape index (κ3) is 7.43. The van der Waals surface area contributed by atoms with Crippen molar-refractivity contribution in [1.82, 2.24) is 14.8 Å². The summed E-state index contributed by atoms with van der Waals surface area (Å²) in [5.74, 6) is 7.95. The fourth-order valence-electron chi connectivity index (χ4n) is 5.81. The summed E-state index contributed by atoms with van der Waals surface area (Å²) < 4.78 is 0. The number of hydrogen-bond acceptors (Lipinski definition) is 3. The monoisotopic (exact) mass is 485 g/mol. The average molecular weight is 486 g/mol. The standard InChI is InChI=1S/C32H43N3O/c1-3-5-6-8-27-9-7-10-29(23-27)25-35(32(36)30-13-11-26(4-2)12-14-30)31-17-21-34(22-18-31)24-28-15-19-33-20-16-28/h7,9-10,15-16,19-20,23,26,30-31H,3-5,11-14,17-18,21-22,24-25H2,1-2H3. The second kappa shape index (κ2) is 13.6. The molecule has 0 spiro atoms. The first-order valence-electron chi connectivity index (χ1n) is 14.2. The van der Waals surface area contributed by atoms with E-state index in [2.05, 4.69) is 76.9 Å². The Kier molecular flexibility index (Phi) is 9.99. The maximum absolute atomic E-state index is 13.9. The van der Waals surface area contributed by atoms with Gasteiger partial charge in [0.25, 0.3) is 0 Å². The summed E-state index contributed by atoms with van der Waals surface area (Å²) in [5, 5.41) is 0. The highest BCUT2D eigenvalue weighted by atomic mass is 16.2. The van der Waals surface area contributed by atoms with E-state index in [4.69, 9.17) is 0 Å². The third-order valence-corrected chi connectivity index (χ3v) is 8.10. The minimum atomic E-state index is 0.190. The maximum atomic E-state index is 13.9. The number of hydrogen-bond donors (Lipinski definition) is 0. The summed E-state index contributed by atoms with van der Waals surface area (Å²) in [7, 11) is 0. The summed E-state index contributed by atoms with van der Waals surface area (Å²) in [6.45, 7) is 8.16. The second-order valence-electron chi connectivity index (χ2n) is 10.7. The van der Waals surface area contributed by atoms with Crippen molar-refractivity contribution >= 4 is 5.91 Å². The first-order chi connectivity index (χ1) is 17.7. The third-order valence-electron chi connectivity index (χ3n) is 8.10. The molecule has 192 valence electrons. The summed E-state index contributed by atoms with van der Waals surface area (Å²) in [4.78, 5) is 22.9. The zero-order valence-corrected chi connectivity index (χ0v) is 22.3. The molecule has 4 heteroatoms. The molecule has 0 radical (unpaired) electrons. The van der Waals surface area contributed by atoms with E-state index in [1.807, 2.05) is 12.4 Å². The van der Waals surface area contributed by atoms with Crippen molar-refractivity contribution in [2.75, 3.05) is 13.1 Å². The Morgan fingerprint density at radius 2 is 1.75 bits per heavy atom. The minimum absolute atomic E-state index is 0.190. The van der Waals surface area contributed by atoms with Gasteiger partial charge in [-0.3, -0.25) is 14.7 Å². The maximum Gasteiger partial charge on any atom is 0.226 e. The molecule has 2 aliphatic rings. The highest BCUT2D eigenvalue weighted by molar-refractivity contribution is 5.79. The largest absolute Gasteiger partial charge is 0.335 e. The Balaban J connectivity index is 1.45. The van der Waals surface area contributed by atoms with Gasteiger partial charge in [0.15, 0.2) is 0 Å². The lowest BCUT2D eigenvalue weighted by molar-refractivity contribution is -0.141. The first-order valence-corrected chi connectivity index (χ1v) is 14.2. The summed E-state index contributed by atoms with van der Waals surface area (Å²) in [5.41, 5.74) is 3.57. The van der Waals surface area contributed by atoms with Crippen LogP contribution in [0.3, 0.4) is 0 Å². The lowest BCUT2D eigenvalue weighted by atomic mass is 9.80. The Morgan fingerprint density at radius 3 is 2.44 bits per heavy atom. The highest BCUT2D eigenvalue weighted by Gasteiger charge is 2.34. The molecule has 1 aromatic carbocycles. The molecule has 0 N–H and O–H groups in total. The number of rotatable bonds is 8. The average Bonchev–Trinajstić information content (AvgIpc) is 2.93. The molecule has 1 aliphatic heterocycles. The molecule has 2 heterocycles. The second-order valence-corrected chi connectivity index (χ2v) is 10.7. The SMILES string of the molecule is CCCC#Cc1cccc(CN(C(=O)C2CCC(CC)CC2)C2CCN(Cc3ccncc3)CC2)c1. The van der Waals surface area contributed by atoms with E-state index in [0.29, 0.717) is 18.5 Å². The van der Waals surface area contributed by atoms with Crippen LogP contribution < -0.4 is 0 Å². The van der Waals surface area contributed by atoms with Gasteiger partial charge in [0.05, 0.1) is 0 Å². The van der Waals surface area contributed by atoms with Gasteiger partial charge in [-0.25, -0.2) is 0 Å². The Morgan fingerprint density at radius 1 is 1.00 bits per heavy atom. The van der Waals surface area contributed by atoms with Crippen LogP contribution in [-0.4, -0.2) is 39.8 Å². The van der Waals surface area contributed by atoms with Crippen LogP contribution in [0.15, 0.2) is 48.8 Å². The van der Waals surface area contributed by atoms with Crippen LogP contribution in [0.4, 0.5) is 0 Å². The van der Waals surface area contributed by atoms with Crippen molar-refractivity contribution in [2.45, 2.75) is 90.8 Å². The van der Waals surface area contributed by atoms with Gasteiger partial charge >= 0.3 is 0 Å². The lowest BCUT2D eigenvalue weighted by Gasteiger charge is -2.41. The van der Waals surface area contributed by atoms with Crippen molar-refractivity contribution in [3.05, 3.63) is 65.5 Å². The van der Waals surface area contributed by atoms with Crippen molar-refractivity contribution in [1.29, 1.82) is 0 Å². The number of likely N-dealkylation sites (tertiary alicyclic amines) is 1. The number of carbonyl (C=O) groups excluding carboxylic acids is 1. The van der Waals surface area contributed by atoms with Gasteiger partial charge in [-0.1, -0.05) is 44.2 Å². The van der Waals surface area contributed by atoms with E-state index in [1.165, 1.54) is 30.4 Å². The molecular formula is C32H43N3O. The highest BCUT2D eigenvalue weighted by Crippen LogP contribution is 2.33. The number of unbranched alkanes of at least 4 members (excludes halogenated alkanes) is 1. The molecule has 1 aromatic heterocycles. The summed E-state index contributed by atoms with van der Waals surface area (Å²) in [6.07, 6.45) is 13.6. The van der Waals surface area contributed by atoms with Crippen LogP contribution in [0.5, 0.6) is 0 Å². The fraction of sp³-hybridized carbons (Fsp3) is 0.562. The fourth-order valence-corrected chi connectivity index (χ4v) is 5.81. The number of piperidine rings is 1. The molecule has 1 amide bonds. The van der Waals surface area contributed by atoms with Crippen molar-refractivity contribution in [2.24, 2.45) is 11.8 Å². The van der Waals surface area contributed by atoms with Crippen molar-refractivity contribution < 1.29 is 4.79 Å². The zero-order chi connectivity index (χ0) is 25.2. The quantitative estimate of drug-likeness (QED) is 0.404. The molecule has 1 aliphatic carbocycles. The van der Waals surface area contributed by atoms with E-state index in [9.17, 15) is 4.79 Å². The molecule has 4 nitrogen and oxygen atoms in total. The van der Waals surface area contributed by atoms with Gasteiger partial charge in [-0.2, -0.15) is 0 Å². The number of aromatic nitrogens is 1. The molecule has 36 heavy (non-hydrogen) atoms. The molecule has 0 atom stereocenters. The first kappa shape index (κ1) is 26.4. The van der Waals surface area contributed by atoms with Crippen molar-refractivity contribution in [3.63, 3.8) is 0 Å². The van der Waals surface area contributed by atoms with Gasteiger partial charge in [0.1, 0.15) is 0 Å². The lowest BCUT2D eigenvalue weighted by Crippen LogP contribution is -2.49. The summed E-state index contributed by atoms with van der Waals surface area (Å²) >= 11 is 0. The van der Waals surface area contributed by atoms with Crippen LogP contribution >= 0.6 is 0 Å². The number of carbonyl (C=O) groups is 1. The van der Waals surface area contributed by atoms with Crippen LogP contribution in [0.25, 0.3) is 0 Å². The van der Waals surface area contributed by atoms with E-state index in [1.54, 1.807) is 0 Å². The smallest absolute Gasteiger partial charge is 0.226 e. The van der Waals surface area contributed by atoms with Crippen molar-refractivity contribution in [3.8, 4) is 11.8 Å². The van der Waals surface area contributed by atoms with Crippen LogP contribution in [-0.2, 0) is 17.9 Å². The van der Waals surface area contributed by atoms with E-state index < -0.39 is 0 Å². The number of amides is 1. The van der Waals surface area contributed by atoms with Crippen LogP contribution in [0, 0.1) is 23.7 Å². The molecule has 0 unspecified atom stereocenters. The molecule has 4 rings (SSSR count). The van der Waals surface area contributed by atoms with Crippen LogP contribution in [0.2, 0.25) is 0 Å². The predicted octanol–water partition coefficient (Wildman–Crippen LogP) is 6.44.